The van der Waals surface area contributed by atoms with Crippen molar-refractivity contribution in [3.8, 4) is 0 Å². The zero-order valence-electron chi connectivity index (χ0n) is 9.01. The molecule has 0 amide bonds. The monoisotopic (exact) mass is 268 g/mol. The molecule has 0 spiro atoms. The van der Waals surface area contributed by atoms with Crippen molar-refractivity contribution < 1.29 is 31.5 Å². The Labute approximate surface area is 99.4 Å². The minimum Gasteiger partial charge on any atom is -0.367 e. The Morgan fingerprint density at radius 2 is 2.00 bits per heavy atom. The first-order valence-corrected chi connectivity index (χ1v) is 4.85. The van der Waals surface area contributed by atoms with Gasteiger partial charge in [0, 0.05) is 5.56 Å². The fourth-order valence-electron chi connectivity index (χ4n) is 1.09. The number of halogens is 5. The maximum absolute atomic E-state index is 12.7. The molecule has 100 valence electrons. The average molecular weight is 268 g/mol. The third-order valence-corrected chi connectivity index (χ3v) is 1.99. The maximum Gasteiger partial charge on any atom is 0.330 e. The Morgan fingerprint density at radius 3 is 2.56 bits per heavy atom. The molecule has 2 nitrogen and oxygen atoms in total. The van der Waals surface area contributed by atoms with E-state index in [0.717, 1.165) is 12.1 Å². The van der Waals surface area contributed by atoms with E-state index in [-0.39, 0.29) is 5.56 Å². The van der Waals surface area contributed by atoms with E-state index in [2.05, 4.69) is 4.74 Å². The number of ether oxygens (including phenoxy) is 1. The van der Waals surface area contributed by atoms with Crippen LogP contribution in [0.15, 0.2) is 24.3 Å². The summed E-state index contributed by atoms with van der Waals surface area (Å²) in [6.07, 6.45) is -3.86. The summed E-state index contributed by atoms with van der Waals surface area (Å²) in [6.45, 7) is -2.38. The van der Waals surface area contributed by atoms with Crippen LogP contribution in [0.4, 0.5) is 22.0 Å². The van der Waals surface area contributed by atoms with Crippen molar-refractivity contribution >= 4 is 5.78 Å². The molecule has 0 radical (unpaired) electrons. The van der Waals surface area contributed by atoms with E-state index in [1.807, 2.05) is 0 Å². The first-order valence-electron chi connectivity index (χ1n) is 4.85. The highest BCUT2D eigenvalue weighted by Gasteiger charge is 2.41. The minimum absolute atomic E-state index is 0.0737. The molecule has 0 atom stereocenters. The van der Waals surface area contributed by atoms with Crippen LogP contribution >= 0.6 is 0 Å². The van der Waals surface area contributed by atoms with Gasteiger partial charge in [-0.25, -0.2) is 13.2 Å². The van der Waals surface area contributed by atoms with Crippen molar-refractivity contribution in [2.24, 2.45) is 0 Å². The molecule has 0 aliphatic heterocycles. The maximum atomic E-state index is 12.7. The van der Waals surface area contributed by atoms with Crippen LogP contribution in [0.2, 0.25) is 0 Å². The third kappa shape index (κ3) is 4.06. The molecule has 0 aliphatic rings. The highest BCUT2D eigenvalue weighted by molar-refractivity contribution is 5.97. The lowest BCUT2D eigenvalue weighted by molar-refractivity contribution is -0.163. The topological polar surface area (TPSA) is 26.3 Å². The normalized spacial score (nSPS) is 11.9. The van der Waals surface area contributed by atoms with Gasteiger partial charge in [0.15, 0.2) is 5.78 Å². The molecule has 0 aromatic heterocycles. The van der Waals surface area contributed by atoms with Crippen LogP contribution in [0.5, 0.6) is 0 Å². The first-order chi connectivity index (χ1) is 8.33. The average Bonchev–Trinajstić information content (AvgIpc) is 2.28. The molecule has 0 fully saturated rings. The molecule has 1 aromatic rings. The van der Waals surface area contributed by atoms with Crippen molar-refractivity contribution in [3.05, 3.63) is 35.6 Å². The molecule has 0 aliphatic carbocycles. The highest BCUT2D eigenvalue weighted by atomic mass is 19.3. The standard InChI is InChI=1S/C11H9F5O2/c12-8-3-1-2-7(4-8)9(17)5-18-6-11(15,16)10(13)14/h1-4,10H,5-6H2. The number of hydrogen-bond donors (Lipinski definition) is 0. The molecular weight excluding hydrogens is 259 g/mol. The van der Waals surface area contributed by atoms with Gasteiger partial charge in [-0.15, -0.1) is 0 Å². The second kappa shape index (κ2) is 5.90. The third-order valence-electron chi connectivity index (χ3n) is 1.99. The van der Waals surface area contributed by atoms with Crippen LogP contribution in [-0.2, 0) is 4.74 Å². The molecule has 0 saturated heterocycles. The number of rotatable bonds is 6. The lowest BCUT2D eigenvalue weighted by atomic mass is 10.1. The molecule has 0 heterocycles. The van der Waals surface area contributed by atoms with Gasteiger partial charge in [-0.2, -0.15) is 8.78 Å². The predicted octanol–water partition coefficient (Wildman–Crippen LogP) is 2.93. The SMILES string of the molecule is O=C(COCC(F)(F)C(F)F)c1cccc(F)c1. The minimum atomic E-state index is -4.30. The molecular formula is C11H9F5O2. The zero-order chi connectivity index (χ0) is 13.8. The molecule has 0 unspecified atom stereocenters. The van der Waals surface area contributed by atoms with E-state index in [1.165, 1.54) is 12.1 Å². The summed E-state index contributed by atoms with van der Waals surface area (Å²) in [5, 5.41) is 0. The van der Waals surface area contributed by atoms with Crippen LogP contribution in [0.3, 0.4) is 0 Å². The fourth-order valence-corrected chi connectivity index (χ4v) is 1.09. The fraction of sp³-hybridized carbons (Fsp3) is 0.364. The van der Waals surface area contributed by atoms with Crippen LogP contribution in [0, 0.1) is 5.82 Å². The Hall–Kier alpha value is -1.50. The van der Waals surface area contributed by atoms with E-state index in [4.69, 9.17) is 0 Å². The Morgan fingerprint density at radius 1 is 1.33 bits per heavy atom. The number of carbonyl (C=O) groups is 1. The summed E-state index contributed by atoms with van der Waals surface area (Å²) in [4.78, 5) is 11.3. The highest BCUT2D eigenvalue weighted by Crippen LogP contribution is 2.22. The summed E-state index contributed by atoms with van der Waals surface area (Å²) in [5.74, 6) is -5.74. The number of carbonyl (C=O) groups excluding carboxylic acids is 1. The molecule has 0 bridgehead atoms. The zero-order valence-corrected chi connectivity index (χ0v) is 9.01. The van der Waals surface area contributed by atoms with E-state index in [1.54, 1.807) is 0 Å². The Bertz CT molecular complexity index is 420. The molecule has 18 heavy (non-hydrogen) atoms. The lowest BCUT2D eigenvalue weighted by Crippen LogP contribution is -2.33. The molecule has 1 aromatic carbocycles. The second-order valence-electron chi connectivity index (χ2n) is 3.49. The van der Waals surface area contributed by atoms with Gasteiger partial charge in [-0.1, -0.05) is 12.1 Å². The van der Waals surface area contributed by atoms with Crippen LogP contribution in [0.25, 0.3) is 0 Å². The second-order valence-corrected chi connectivity index (χ2v) is 3.49. The Balaban J connectivity index is 2.48. The molecule has 1 rings (SSSR count). The summed E-state index contributed by atoms with van der Waals surface area (Å²) < 4.78 is 65.3. The smallest absolute Gasteiger partial charge is 0.330 e. The predicted molar refractivity (Wildman–Crippen MR) is 52.5 cm³/mol. The van der Waals surface area contributed by atoms with Gasteiger partial charge in [0.05, 0.1) is 0 Å². The van der Waals surface area contributed by atoms with E-state index in [9.17, 15) is 26.7 Å². The van der Waals surface area contributed by atoms with Crippen molar-refractivity contribution in [1.82, 2.24) is 0 Å². The van der Waals surface area contributed by atoms with E-state index < -0.39 is 37.2 Å². The van der Waals surface area contributed by atoms with Crippen molar-refractivity contribution in [3.63, 3.8) is 0 Å². The molecule has 0 N–H and O–H groups in total. The van der Waals surface area contributed by atoms with Crippen molar-refractivity contribution in [2.75, 3.05) is 13.2 Å². The van der Waals surface area contributed by atoms with Gasteiger partial charge < -0.3 is 4.74 Å². The number of ketones is 1. The van der Waals surface area contributed by atoms with Crippen LogP contribution < -0.4 is 0 Å². The van der Waals surface area contributed by atoms with E-state index in [0.29, 0.717) is 0 Å². The molecule has 7 heteroatoms. The van der Waals surface area contributed by atoms with Gasteiger partial charge in [-0.05, 0) is 12.1 Å². The summed E-state index contributed by atoms with van der Waals surface area (Å²) in [5.41, 5.74) is -0.0737. The van der Waals surface area contributed by atoms with Gasteiger partial charge in [0.2, 0.25) is 0 Å². The summed E-state index contributed by atoms with van der Waals surface area (Å²) in [6, 6.07) is 4.52. The summed E-state index contributed by atoms with van der Waals surface area (Å²) in [7, 11) is 0. The van der Waals surface area contributed by atoms with Crippen LogP contribution in [0.1, 0.15) is 10.4 Å². The van der Waals surface area contributed by atoms with Gasteiger partial charge in [-0.3, -0.25) is 4.79 Å². The van der Waals surface area contributed by atoms with Crippen molar-refractivity contribution in [2.45, 2.75) is 12.3 Å². The molecule has 0 saturated carbocycles. The van der Waals surface area contributed by atoms with Gasteiger partial charge in [0.25, 0.3) is 0 Å². The summed E-state index contributed by atoms with van der Waals surface area (Å²) >= 11 is 0. The van der Waals surface area contributed by atoms with Crippen LogP contribution in [-0.4, -0.2) is 31.3 Å². The number of alkyl halides is 4. The van der Waals surface area contributed by atoms with Gasteiger partial charge in [0.1, 0.15) is 19.0 Å². The first kappa shape index (κ1) is 14.6. The van der Waals surface area contributed by atoms with Gasteiger partial charge >= 0.3 is 12.3 Å². The number of hydrogen-bond acceptors (Lipinski definition) is 2. The quantitative estimate of drug-likeness (QED) is 0.585. The van der Waals surface area contributed by atoms with E-state index >= 15 is 0 Å². The van der Waals surface area contributed by atoms with Crippen molar-refractivity contribution in [1.29, 1.82) is 0 Å². The number of benzene rings is 1. The number of Topliss-reactive ketones (excluding diaryl/α,β-unsaturated/α-hetero) is 1. The lowest BCUT2D eigenvalue weighted by Gasteiger charge is -2.14. The largest absolute Gasteiger partial charge is 0.367 e. The Kier molecular flexibility index (Phi) is 4.77.